The van der Waals surface area contributed by atoms with E-state index >= 15 is 0 Å². The molecule has 0 unspecified atom stereocenters. The molecule has 4 rings (SSSR count). The Morgan fingerprint density at radius 2 is 2.08 bits per heavy atom. The number of rotatable bonds is 4. The normalized spacial score (nSPS) is 12.5. The van der Waals surface area contributed by atoms with Gasteiger partial charge in [-0.15, -0.1) is 11.3 Å². The molecule has 3 aromatic rings. The Morgan fingerprint density at radius 3 is 2.92 bits per heavy atom. The first kappa shape index (κ1) is 15.1. The first-order valence-electron chi connectivity index (χ1n) is 8.19. The smallest absolute Gasteiger partial charge is 0.272 e. The lowest BCUT2D eigenvalue weighted by Crippen LogP contribution is -2.27. The highest BCUT2D eigenvalue weighted by Gasteiger charge is 2.27. The highest BCUT2D eigenvalue weighted by atomic mass is 32.1. The summed E-state index contributed by atoms with van der Waals surface area (Å²) in [5.74, 6) is -0.0681. The summed E-state index contributed by atoms with van der Waals surface area (Å²) in [5.41, 5.74) is 5.23. The van der Waals surface area contributed by atoms with E-state index in [0.717, 1.165) is 30.5 Å². The number of nitrogens with zero attached hydrogens (tertiary/aromatic N) is 2. The molecule has 0 bridgehead atoms. The fourth-order valence-corrected chi connectivity index (χ4v) is 4.24. The van der Waals surface area contributed by atoms with Gasteiger partial charge in [0.25, 0.3) is 5.91 Å². The van der Waals surface area contributed by atoms with Gasteiger partial charge in [-0.25, -0.2) is 0 Å². The van der Waals surface area contributed by atoms with Crippen LogP contribution in [0, 0.1) is 0 Å². The van der Waals surface area contributed by atoms with Crippen molar-refractivity contribution in [1.82, 2.24) is 15.1 Å². The lowest BCUT2D eigenvalue weighted by atomic mass is 9.94. The number of benzene rings is 1. The maximum Gasteiger partial charge on any atom is 0.272 e. The van der Waals surface area contributed by atoms with Crippen LogP contribution in [-0.2, 0) is 26.3 Å². The van der Waals surface area contributed by atoms with Crippen molar-refractivity contribution < 1.29 is 4.79 Å². The number of hydrogen-bond acceptors (Lipinski definition) is 3. The van der Waals surface area contributed by atoms with Gasteiger partial charge in [0.1, 0.15) is 0 Å². The van der Waals surface area contributed by atoms with Crippen molar-refractivity contribution >= 4 is 17.2 Å². The molecule has 2 aromatic heterocycles. The number of fused-ring (bicyclic) bond motifs is 3. The summed E-state index contributed by atoms with van der Waals surface area (Å²) in [5, 5.41) is 9.64. The molecule has 4 nitrogen and oxygen atoms in total. The third kappa shape index (κ3) is 2.65. The summed E-state index contributed by atoms with van der Waals surface area (Å²) >= 11 is 1.79. The van der Waals surface area contributed by atoms with Crippen molar-refractivity contribution in [1.29, 1.82) is 0 Å². The second kappa shape index (κ2) is 6.24. The number of carbonyl (C=O) groups is 1. The van der Waals surface area contributed by atoms with Gasteiger partial charge in [-0.1, -0.05) is 30.3 Å². The second-order valence-electron chi connectivity index (χ2n) is 6.05. The summed E-state index contributed by atoms with van der Waals surface area (Å²) in [6.45, 7) is 0.623. The Balaban J connectivity index is 1.51. The zero-order chi connectivity index (χ0) is 16.5. The monoisotopic (exact) mass is 337 g/mol. The molecule has 0 atom stereocenters. The third-order valence-electron chi connectivity index (χ3n) is 4.51. The topological polar surface area (TPSA) is 46.9 Å². The van der Waals surface area contributed by atoms with E-state index in [-0.39, 0.29) is 5.91 Å². The lowest BCUT2D eigenvalue weighted by Gasteiger charge is -2.13. The van der Waals surface area contributed by atoms with Crippen LogP contribution in [0.15, 0.2) is 41.8 Å². The van der Waals surface area contributed by atoms with Crippen LogP contribution in [0.2, 0.25) is 0 Å². The minimum absolute atomic E-state index is 0.0681. The molecule has 2 heterocycles. The Kier molecular flexibility index (Phi) is 3.94. The molecule has 0 saturated heterocycles. The standard InChI is InChI=1S/C19H19N3OS/c1-22-18-14-10-12-24-16(14)8-7-15(18)17(21-22)19(23)20-11-9-13-5-3-2-4-6-13/h2-6,10,12H,7-9,11H2,1H3,(H,20,23). The van der Waals surface area contributed by atoms with Crippen molar-refractivity contribution in [3.8, 4) is 11.3 Å². The summed E-state index contributed by atoms with van der Waals surface area (Å²) < 4.78 is 1.85. The van der Waals surface area contributed by atoms with Crippen LogP contribution < -0.4 is 5.32 Å². The molecule has 0 radical (unpaired) electrons. The molecular formula is C19H19N3OS. The minimum atomic E-state index is -0.0681. The van der Waals surface area contributed by atoms with Crippen molar-refractivity contribution in [2.75, 3.05) is 6.54 Å². The molecule has 5 heteroatoms. The quantitative estimate of drug-likeness (QED) is 0.794. The first-order chi connectivity index (χ1) is 11.7. The van der Waals surface area contributed by atoms with Crippen LogP contribution in [0.25, 0.3) is 11.3 Å². The van der Waals surface area contributed by atoms with Crippen LogP contribution in [0.3, 0.4) is 0 Å². The molecule has 0 saturated carbocycles. The van der Waals surface area contributed by atoms with Gasteiger partial charge in [-0.2, -0.15) is 5.10 Å². The Morgan fingerprint density at radius 1 is 1.25 bits per heavy atom. The summed E-state index contributed by atoms with van der Waals surface area (Å²) in [6.07, 6.45) is 2.71. The van der Waals surface area contributed by atoms with Crippen LogP contribution in [0.5, 0.6) is 0 Å². The Bertz CT molecular complexity index is 879. The molecule has 1 aliphatic carbocycles. The van der Waals surface area contributed by atoms with E-state index in [4.69, 9.17) is 0 Å². The zero-order valence-corrected chi connectivity index (χ0v) is 14.4. The summed E-state index contributed by atoms with van der Waals surface area (Å²) in [4.78, 5) is 14.0. The molecule has 1 aromatic carbocycles. The maximum absolute atomic E-state index is 12.6. The lowest BCUT2D eigenvalue weighted by molar-refractivity contribution is 0.0947. The number of nitrogens with one attached hydrogen (secondary N) is 1. The minimum Gasteiger partial charge on any atom is -0.350 e. The van der Waals surface area contributed by atoms with Crippen molar-refractivity contribution in [2.24, 2.45) is 7.05 Å². The summed E-state index contributed by atoms with van der Waals surface area (Å²) in [6, 6.07) is 12.3. The zero-order valence-electron chi connectivity index (χ0n) is 13.6. The van der Waals surface area contributed by atoms with Gasteiger partial charge in [0.15, 0.2) is 5.69 Å². The number of thiophene rings is 1. The van der Waals surface area contributed by atoms with Gasteiger partial charge in [-0.05, 0) is 36.3 Å². The van der Waals surface area contributed by atoms with E-state index in [1.807, 2.05) is 29.9 Å². The van der Waals surface area contributed by atoms with Crippen molar-refractivity contribution in [3.63, 3.8) is 0 Å². The van der Waals surface area contributed by atoms with E-state index in [1.165, 1.54) is 16.0 Å². The SMILES string of the molecule is Cn1nc(C(=O)NCCc2ccccc2)c2c1-c1ccsc1CC2. The van der Waals surface area contributed by atoms with E-state index in [1.54, 1.807) is 11.3 Å². The molecular weight excluding hydrogens is 318 g/mol. The predicted octanol–water partition coefficient (Wildman–Crippen LogP) is 3.22. The first-order valence-corrected chi connectivity index (χ1v) is 9.06. The second-order valence-corrected chi connectivity index (χ2v) is 7.05. The third-order valence-corrected chi connectivity index (χ3v) is 5.49. The predicted molar refractivity (Wildman–Crippen MR) is 96.4 cm³/mol. The molecule has 1 N–H and O–H groups in total. The molecule has 0 spiro atoms. The number of aromatic nitrogens is 2. The van der Waals surface area contributed by atoms with Crippen molar-refractivity contribution in [3.05, 3.63) is 63.5 Å². The fourth-order valence-electron chi connectivity index (χ4n) is 3.36. The average Bonchev–Trinajstić information content (AvgIpc) is 3.20. The van der Waals surface area contributed by atoms with Gasteiger partial charge in [-0.3, -0.25) is 9.48 Å². The maximum atomic E-state index is 12.6. The van der Waals surface area contributed by atoms with E-state index in [9.17, 15) is 4.79 Å². The number of aryl methyl sites for hydroxylation is 2. The Hall–Kier alpha value is -2.40. The van der Waals surface area contributed by atoms with E-state index in [0.29, 0.717) is 12.2 Å². The van der Waals surface area contributed by atoms with Gasteiger partial charge >= 0.3 is 0 Å². The molecule has 122 valence electrons. The Labute approximate surface area is 145 Å². The van der Waals surface area contributed by atoms with Gasteiger partial charge < -0.3 is 5.32 Å². The van der Waals surface area contributed by atoms with Crippen LogP contribution >= 0.6 is 11.3 Å². The molecule has 1 aliphatic rings. The van der Waals surface area contributed by atoms with Crippen LogP contribution in [0.4, 0.5) is 0 Å². The molecule has 24 heavy (non-hydrogen) atoms. The summed E-state index contributed by atoms with van der Waals surface area (Å²) in [7, 11) is 1.92. The van der Waals surface area contributed by atoms with Gasteiger partial charge in [0.05, 0.1) is 5.69 Å². The van der Waals surface area contributed by atoms with Crippen molar-refractivity contribution in [2.45, 2.75) is 19.3 Å². The molecule has 1 amide bonds. The van der Waals surface area contributed by atoms with Gasteiger partial charge in [0, 0.05) is 29.6 Å². The highest BCUT2D eigenvalue weighted by Crippen LogP contribution is 2.37. The molecule has 0 fully saturated rings. The number of carbonyl (C=O) groups excluding carboxylic acids is 1. The number of amides is 1. The molecule has 0 aliphatic heterocycles. The van der Waals surface area contributed by atoms with Gasteiger partial charge in [0.2, 0.25) is 0 Å². The van der Waals surface area contributed by atoms with Crippen LogP contribution in [-0.4, -0.2) is 22.2 Å². The number of hydrogen-bond donors (Lipinski definition) is 1. The highest BCUT2D eigenvalue weighted by molar-refractivity contribution is 7.10. The van der Waals surface area contributed by atoms with E-state index < -0.39 is 0 Å². The van der Waals surface area contributed by atoms with Crippen LogP contribution in [0.1, 0.15) is 26.5 Å². The van der Waals surface area contributed by atoms with E-state index in [2.05, 4.69) is 34.0 Å². The average molecular weight is 337 g/mol. The fraction of sp³-hybridized carbons (Fsp3) is 0.263. The largest absolute Gasteiger partial charge is 0.350 e.